The van der Waals surface area contributed by atoms with Crippen LogP contribution in [0, 0.1) is 13.8 Å². The summed E-state index contributed by atoms with van der Waals surface area (Å²) in [7, 11) is 0. The first-order chi connectivity index (χ1) is 12.4. The van der Waals surface area contributed by atoms with Crippen LogP contribution in [0.1, 0.15) is 29.9 Å². The number of hydrogen-bond donors (Lipinski definition) is 0. The van der Waals surface area contributed by atoms with E-state index in [1.807, 2.05) is 48.6 Å². The number of amides is 1. The van der Waals surface area contributed by atoms with Gasteiger partial charge in [0.2, 0.25) is 5.91 Å². The Morgan fingerprint density at radius 3 is 2.54 bits per heavy atom. The van der Waals surface area contributed by atoms with Crippen molar-refractivity contribution < 1.29 is 4.79 Å². The van der Waals surface area contributed by atoms with Gasteiger partial charge in [0, 0.05) is 37.7 Å². The number of hydrogen-bond acceptors (Lipinski definition) is 3. The van der Waals surface area contributed by atoms with Crippen molar-refractivity contribution in [2.75, 3.05) is 26.2 Å². The van der Waals surface area contributed by atoms with Gasteiger partial charge in [-0.1, -0.05) is 23.7 Å². The van der Waals surface area contributed by atoms with Crippen molar-refractivity contribution in [3.05, 3.63) is 50.7 Å². The molecule has 1 aromatic carbocycles. The van der Waals surface area contributed by atoms with Crippen LogP contribution in [0.4, 0.5) is 0 Å². The Bertz CT molecular complexity index is 799. The van der Waals surface area contributed by atoms with Crippen molar-refractivity contribution in [1.29, 1.82) is 0 Å². The highest BCUT2D eigenvalue weighted by atomic mass is 79.9. The number of carbonyl (C=O) groups is 1. The number of rotatable bonds is 4. The highest BCUT2D eigenvalue weighted by Gasteiger charge is 2.27. The van der Waals surface area contributed by atoms with E-state index in [2.05, 4.69) is 32.0 Å². The van der Waals surface area contributed by atoms with E-state index in [0.29, 0.717) is 0 Å². The van der Waals surface area contributed by atoms with E-state index in [1.54, 1.807) is 0 Å². The van der Waals surface area contributed by atoms with Crippen molar-refractivity contribution in [2.24, 2.45) is 0 Å². The smallest absolute Gasteiger partial charge is 0.247 e. The fraction of sp³-hybridized carbons (Fsp3) is 0.474. The molecule has 0 spiro atoms. The summed E-state index contributed by atoms with van der Waals surface area (Å²) in [5.74, 6) is 0.130. The molecule has 26 heavy (non-hydrogen) atoms. The van der Waals surface area contributed by atoms with Crippen molar-refractivity contribution in [1.82, 2.24) is 19.6 Å². The van der Waals surface area contributed by atoms with E-state index in [1.165, 1.54) is 5.56 Å². The molecule has 3 rings (SSSR count). The van der Waals surface area contributed by atoms with Gasteiger partial charge in [0.15, 0.2) is 0 Å². The first kappa shape index (κ1) is 19.4. The number of nitrogens with zero attached hydrogens (tertiary/aromatic N) is 4. The quantitative estimate of drug-likeness (QED) is 0.727. The molecule has 1 aromatic heterocycles. The normalized spacial score (nSPS) is 16.7. The summed E-state index contributed by atoms with van der Waals surface area (Å²) >= 11 is 9.60. The van der Waals surface area contributed by atoms with Crippen LogP contribution in [-0.2, 0) is 11.3 Å². The lowest BCUT2D eigenvalue weighted by Crippen LogP contribution is -2.50. The molecule has 0 saturated carbocycles. The van der Waals surface area contributed by atoms with Crippen LogP contribution in [0.3, 0.4) is 0 Å². The van der Waals surface area contributed by atoms with Gasteiger partial charge in [-0.25, -0.2) is 0 Å². The molecule has 2 aromatic rings. The third-order valence-corrected chi connectivity index (χ3v) is 6.32. The van der Waals surface area contributed by atoms with E-state index < -0.39 is 0 Å². The summed E-state index contributed by atoms with van der Waals surface area (Å²) in [5, 5.41) is 5.27. The molecule has 5 nitrogen and oxygen atoms in total. The second-order valence-corrected chi connectivity index (χ2v) is 8.07. The largest absolute Gasteiger partial charge is 0.338 e. The van der Waals surface area contributed by atoms with Gasteiger partial charge in [-0.15, -0.1) is 0 Å². The molecule has 0 radical (unpaired) electrons. The molecule has 1 aliphatic rings. The molecular weight excluding hydrogens is 416 g/mol. The summed E-state index contributed by atoms with van der Waals surface area (Å²) in [4.78, 5) is 17.2. The molecule has 0 aliphatic carbocycles. The van der Waals surface area contributed by atoms with Crippen molar-refractivity contribution in [2.45, 2.75) is 33.4 Å². The third kappa shape index (κ3) is 4.13. The Labute approximate surface area is 168 Å². The topological polar surface area (TPSA) is 41.4 Å². The molecule has 1 unspecified atom stereocenters. The SMILES string of the molecule is Cc1nn(C(C)C(=O)N2CCN(Cc3cccc(Cl)c3)CC2)c(C)c1Br. The maximum Gasteiger partial charge on any atom is 0.247 e. The lowest BCUT2D eigenvalue weighted by molar-refractivity contribution is -0.136. The van der Waals surface area contributed by atoms with Crippen LogP contribution in [0.25, 0.3) is 0 Å². The molecule has 2 heterocycles. The first-order valence-electron chi connectivity index (χ1n) is 8.83. The summed E-state index contributed by atoms with van der Waals surface area (Å²) in [6.45, 7) is 9.93. The molecule has 1 fully saturated rings. The van der Waals surface area contributed by atoms with E-state index in [9.17, 15) is 4.79 Å². The highest BCUT2D eigenvalue weighted by molar-refractivity contribution is 9.10. The Morgan fingerprint density at radius 1 is 1.27 bits per heavy atom. The Balaban J connectivity index is 1.58. The Kier molecular flexibility index (Phi) is 6.05. The number of halogens is 2. The van der Waals surface area contributed by atoms with Gasteiger partial charge in [0.1, 0.15) is 6.04 Å². The summed E-state index contributed by atoms with van der Waals surface area (Å²) in [5.41, 5.74) is 3.11. The summed E-state index contributed by atoms with van der Waals surface area (Å²) < 4.78 is 2.79. The molecule has 7 heteroatoms. The van der Waals surface area contributed by atoms with E-state index in [4.69, 9.17) is 11.6 Å². The van der Waals surface area contributed by atoms with E-state index >= 15 is 0 Å². The molecule has 1 aliphatic heterocycles. The second-order valence-electron chi connectivity index (χ2n) is 6.84. The second kappa shape index (κ2) is 8.11. The highest BCUT2D eigenvalue weighted by Crippen LogP contribution is 2.24. The van der Waals surface area contributed by atoms with Gasteiger partial charge >= 0.3 is 0 Å². The van der Waals surface area contributed by atoms with Gasteiger partial charge in [-0.3, -0.25) is 14.4 Å². The predicted octanol–water partition coefficient (Wildman–Crippen LogP) is 3.82. The number of benzene rings is 1. The van der Waals surface area contributed by atoms with Gasteiger partial charge < -0.3 is 4.90 Å². The maximum atomic E-state index is 12.9. The molecular formula is C19H24BrClN4O. The zero-order valence-electron chi connectivity index (χ0n) is 15.4. The molecule has 1 atom stereocenters. The first-order valence-corrected chi connectivity index (χ1v) is 10.0. The Hall–Kier alpha value is -1.37. The minimum atomic E-state index is -0.292. The predicted molar refractivity (Wildman–Crippen MR) is 107 cm³/mol. The van der Waals surface area contributed by atoms with E-state index in [-0.39, 0.29) is 11.9 Å². The fourth-order valence-corrected chi connectivity index (χ4v) is 3.88. The van der Waals surface area contributed by atoms with Gasteiger partial charge in [-0.05, 0) is 54.4 Å². The average Bonchev–Trinajstić information content (AvgIpc) is 2.88. The van der Waals surface area contributed by atoms with Gasteiger partial charge in [0.25, 0.3) is 0 Å². The average molecular weight is 440 g/mol. The molecule has 1 amide bonds. The van der Waals surface area contributed by atoms with Crippen molar-refractivity contribution >= 4 is 33.4 Å². The zero-order valence-corrected chi connectivity index (χ0v) is 17.7. The van der Waals surface area contributed by atoms with Crippen molar-refractivity contribution in [3.63, 3.8) is 0 Å². The number of aromatic nitrogens is 2. The van der Waals surface area contributed by atoms with Crippen LogP contribution in [0.2, 0.25) is 5.02 Å². The third-order valence-electron chi connectivity index (χ3n) is 4.94. The number of piperazine rings is 1. The van der Waals surface area contributed by atoms with Crippen LogP contribution in [0.15, 0.2) is 28.7 Å². The minimum absolute atomic E-state index is 0.130. The lowest BCUT2D eigenvalue weighted by Gasteiger charge is -2.36. The van der Waals surface area contributed by atoms with Crippen LogP contribution < -0.4 is 0 Å². The van der Waals surface area contributed by atoms with Crippen LogP contribution in [0.5, 0.6) is 0 Å². The van der Waals surface area contributed by atoms with Gasteiger partial charge in [-0.2, -0.15) is 5.10 Å². The summed E-state index contributed by atoms with van der Waals surface area (Å²) in [6.07, 6.45) is 0. The van der Waals surface area contributed by atoms with E-state index in [0.717, 1.165) is 53.6 Å². The molecule has 1 saturated heterocycles. The zero-order chi connectivity index (χ0) is 18.8. The fourth-order valence-electron chi connectivity index (χ4n) is 3.41. The number of aryl methyl sites for hydroxylation is 1. The van der Waals surface area contributed by atoms with Crippen molar-refractivity contribution in [3.8, 4) is 0 Å². The molecule has 0 N–H and O–H groups in total. The summed E-state index contributed by atoms with van der Waals surface area (Å²) in [6, 6.07) is 7.67. The molecule has 140 valence electrons. The standard InChI is InChI=1S/C19H24BrClN4O/c1-13-18(20)14(2)25(22-13)15(3)19(26)24-9-7-23(8-10-24)12-16-5-4-6-17(21)11-16/h4-6,11,15H,7-10,12H2,1-3H3. The van der Waals surface area contributed by atoms with Gasteiger partial charge in [0.05, 0.1) is 15.9 Å². The monoisotopic (exact) mass is 438 g/mol. The Morgan fingerprint density at radius 2 is 1.96 bits per heavy atom. The minimum Gasteiger partial charge on any atom is -0.338 e. The van der Waals surface area contributed by atoms with Crippen LogP contribution in [-0.4, -0.2) is 51.7 Å². The number of carbonyl (C=O) groups excluding carboxylic acids is 1. The van der Waals surface area contributed by atoms with Crippen LogP contribution >= 0.6 is 27.5 Å². The maximum absolute atomic E-state index is 12.9. The molecule has 0 bridgehead atoms. The lowest BCUT2D eigenvalue weighted by atomic mass is 10.2.